The number of fused-ring (bicyclic) bond motifs is 1. The number of alkyl halides is 1. The van der Waals surface area contributed by atoms with Gasteiger partial charge < -0.3 is 19.1 Å². The molecule has 1 fully saturated rings. The lowest BCUT2D eigenvalue weighted by Gasteiger charge is -2.31. The Labute approximate surface area is 210 Å². The van der Waals surface area contributed by atoms with Gasteiger partial charge in [-0.1, -0.05) is 5.16 Å². The van der Waals surface area contributed by atoms with E-state index >= 15 is 4.39 Å². The molecule has 0 radical (unpaired) electrons. The summed E-state index contributed by atoms with van der Waals surface area (Å²) in [5.74, 6) is -2.97. The molecule has 0 N–H and O–H groups in total. The van der Waals surface area contributed by atoms with Crippen LogP contribution in [0, 0.1) is 18.6 Å². The highest BCUT2D eigenvalue weighted by atomic mass is 19.2. The van der Waals surface area contributed by atoms with Gasteiger partial charge in [0.25, 0.3) is 11.8 Å². The average molecular weight is 515 g/mol. The molecule has 1 unspecified atom stereocenters. The number of rotatable bonds is 7. The third-order valence-electron chi connectivity index (χ3n) is 6.70. The van der Waals surface area contributed by atoms with Gasteiger partial charge in [-0.2, -0.15) is 9.37 Å². The Morgan fingerprint density at radius 3 is 2.62 bits per heavy atom. The van der Waals surface area contributed by atoms with Gasteiger partial charge in [0.2, 0.25) is 18.5 Å². The Bertz CT molecular complexity index is 1360. The number of nitrogens with zero attached hydrogens (tertiary/aromatic N) is 5. The minimum absolute atomic E-state index is 0.140. The third-order valence-corrected chi connectivity index (χ3v) is 6.70. The third kappa shape index (κ3) is 4.52. The van der Waals surface area contributed by atoms with Crippen molar-refractivity contribution in [3.8, 4) is 17.2 Å². The number of methoxy groups -OCH3 is 1. The number of benzene rings is 2. The maximum Gasteiger partial charge on any atom is 0.257 e. The van der Waals surface area contributed by atoms with E-state index in [0.29, 0.717) is 60.8 Å². The van der Waals surface area contributed by atoms with Crippen LogP contribution in [0.1, 0.15) is 39.2 Å². The van der Waals surface area contributed by atoms with Crippen LogP contribution < -0.4 is 4.74 Å². The number of hydrogen-bond acceptors (Lipinski definition) is 7. The lowest BCUT2D eigenvalue weighted by molar-refractivity contribution is -0.119. The summed E-state index contributed by atoms with van der Waals surface area (Å²) in [6.45, 7) is 4.67. The largest absolute Gasteiger partial charge is 0.494 e. The lowest BCUT2D eigenvalue weighted by atomic mass is 10.0. The fourth-order valence-electron chi connectivity index (χ4n) is 4.71. The molecule has 2 aliphatic rings. The van der Waals surface area contributed by atoms with E-state index in [-0.39, 0.29) is 18.2 Å². The Hall–Kier alpha value is -3.93. The molecule has 2 aromatic carbocycles. The first kappa shape index (κ1) is 24.8. The van der Waals surface area contributed by atoms with Crippen LogP contribution in [-0.2, 0) is 17.9 Å². The molecule has 0 aliphatic carbocycles. The van der Waals surface area contributed by atoms with Gasteiger partial charge in [0.05, 0.1) is 13.7 Å². The van der Waals surface area contributed by atoms with Crippen LogP contribution in [0.4, 0.5) is 13.2 Å². The van der Waals surface area contributed by atoms with E-state index in [2.05, 4.69) is 15.0 Å². The van der Waals surface area contributed by atoms with Gasteiger partial charge in [-0.3, -0.25) is 14.5 Å². The van der Waals surface area contributed by atoms with Crippen LogP contribution >= 0.6 is 0 Å². The van der Waals surface area contributed by atoms with E-state index in [0.717, 1.165) is 23.4 Å². The second-order valence-electron chi connectivity index (χ2n) is 9.01. The van der Waals surface area contributed by atoms with Crippen LogP contribution in [-0.4, -0.2) is 70.4 Å². The molecular formula is C25H24F3N5O4. The highest BCUT2D eigenvalue weighted by Gasteiger charge is 2.37. The van der Waals surface area contributed by atoms with Crippen molar-refractivity contribution in [1.82, 2.24) is 24.8 Å². The second kappa shape index (κ2) is 9.85. The molecule has 194 valence electrons. The number of aryl methyl sites for hydroxylation is 1. The van der Waals surface area contributed by atoms with E-state index in [1.165, 1.54) is 7.11 Å². The number of hydrogen-bond donors (Lipinski definition) is 0. The number of ether oxygens (including phenoxy) is 1. The van der Waals surface area contributed by atoms with Gasteiger partial charge in [-0.05, 0) is 42.3 Å². The maximum atomic E-state index is 15.3. The summed E-state index contributed by atoms with van der Waals surface area (Å²) in [6.07, 6.45) is -1.36. The van der Waals surface area contributed by atoms with Crippen LogP contribution in [0.15, 0.2) is 28.8 Å². The topological polar surface area (TPSA) is 92.0 Å². The number of piperazine rings is 1. The highest BCUT2D eigenvalue weighted by molar-refractivity contribution is 6.00. The molecule has 2 aliphatic heterocycles. The quantitative estimate of drug-likeness (QED) is 0.353. The number of aromatic nitrogens is 2. The predicted octanol–water partition coefficient (Wildman–Crippen LogP) is 3.23. The summed E-state index contributed by atoms with van der Waals surface area (Å²) in [6, 6.07) is 5.54. The first-order valence-electron chi connectivity index (χ1n) is 11.7. The normalized spacial score (nSPS) is 16.7. The lowest BCUT2D eigenvalue weighted by Crippen LogP contribution is -2.45. The molecule has 3 heterocycles. The Morgan fingerprint density at radius 1 is 1.16 bits per heavy atom. The molecule has 1 aromatic heterocycles. The zero-order valence-electron chi connectivity index (χ0n) is 20.2. The van der Waals surface area contributed by atoms with Crippen molar-refractivity contribution >= 4 is 12.3 Å². The summed E-state index contributed by atoms with van der Waals surface area (Å²) in [4.78, 5) is 33.0. The van der Waals surface area contributed by atoms with Crippen LogP contribution in [0.25, 0.3) is 11.5 Å². The summed E-state index contributed by atoms with van der Waals surface area (Å²) >= 11 is 0. The molecule has 1 saturated heterocycles. The van der Waals surface area contributed by atoms with Gasteiger partial charge in [-0.25, -0.2) is 8.78 Å². The summed E-state index contributed by atoms with van der Waals surface area (Å²) < 4.78 is 54.2. The van der Waals surface area contributed by atoms with Crippen LogP contribution in [0.3, 0.4) is 0 Å². The van der Waals surface area contributed by atoms with Crippen molar-refractivity contribution in [2.45, 2.75) is 26.3 Å². The molecule has 12 heteroatoms. The number of carbonyl (C=O) groups is 2. The van der Waals surface area contributed by atoms with Gasteiger partial charge in [0.15, 0.2) is 17.4 Å². The number of amides is 2. The van der Waals surface area contributed by atoms with Crippen molar-refractivity contribution in [2.75, 3.05) is 33.3 Å². The molecule has 3 aromatic rings. The van der Waals surface area contributed by atoms with Crippen molar-refractivity contribution < 1.29 is 32.0 Å². The molecule has 5 rings (SSSR count). The Balaban J connectivity index is 1.35. The maximum absolute atomic E-state index is 15.3. The van der Waals surface area contributed by atoms with Gasteiger partial charge in [0.1, 0.15) is 0 Å². The first-order chi connectivity index (χ1) is 17.8. The smallest absolute Gasteiger partial charge is 0.257 e. The van der Waals surface area contributed by atoms with Crippen LogP contribution in [0.2, 0.25) is 0 Å². The van der Waals surface area contributed by atoms with E-state index in [4.69, 9.17) is 9.26 Å². The highest BCUT2D eigenvalue weighted by Crippen LogP contribution is 2.38. The molecule has 2 amide bonds. The molecule has 0 saturated carbocycles. The van der Waals surface area contributed by atoms with E-state index in [9.17, 15) is 18.4 Å². The van der Waals surface area contributed by atoms with E-state index < -0.39 is 29.4 Å². The fraction of sp³-hybridized carbons (Fsp3) is 0.360. The number of halogens is 3. The zero-order chi connectivity index (χ0) is 26.3. The standard InChI is InChI=1S/C25H24F3N5O4/c1-14-9-15(24-29-19(30-37-24)12-31-5-7-32(13-34)8-6-31)10-16-11-33(25(35)20(14)16)23(28)17-3-4-18(36-2)22(27)21(17)26/h3-4,9-10,13,23H,5-8,11-12H2,1-2H3. The predicted molar refractivity (Wildman–Crippen MR) is 124 cm³/mol. The first-order valence-corrected chi connectivity index (χ1v) is 11.7. The molecule has 37 heavy (non-hydrogen) atoms. The number of carbonyl (C=O) groups excluding carboxylic acids is 2. The average Bonchev–Trinajstić information content (AvgIpc) is 3.50. The molecule has 0 spiro atoms. The van der Waals surface area contributed by atoms with Gasteiger partial charge in [0, 0.05) is 49.4 Å². The molecule has 1 atom stereocenters. The summed E-state index contributed by atoms with van der Waals surface area (Å²) in [7, 11) is 1.17. The Kier molecular flexibility index (Phi) is 6.59. The fourth-order valence-corrected chi connectivity index (χ4v) is 4.71. The minimum Gasteiger partial charge on any atom is -0.494 e. The van der Waals surface area contributed by atoms with Gasteiger partial charge >= 0.3 is 0 Å². The zero-order valence-corrected chi connectivity index (χ0v) is 20.2. The van der Waals surface area contributed by atoms with Gasteiger partial charge in [-0.15, -0.1) is 0 Å². The van der Waals surface area contributed by atoms with Crippen molar-refractivity contribution in [3.05, 3.63) is 64.0 Å². The van der Waals surface area contributed by atoms with Crippen molar-refractivity contribution in [3.63, 3.8) is 0 Å². The molecule has 9 nitrogen and oxygen atoms in total. The summed E-state index contributed by atoms with van der Waals surface area (Å²) in [5.41, 5.74) is 1.36. The second-order valence-corrected chi connectivity index (χ2v) is 9.01. The van der Waals surface area contributed by atoms with E-state index in [1.54, 1.807) is 24.0 Å². The minimum atomic E-state index is -2.20. The SMILES string of the molecule is COc1ccc(C(F)N2Cc3cc(-c4nc(CN5CCN(C=O)CC5)no4)cc(C)c3C2=O)c(F)c1F. The van der Waals surface area contributed by atoms with Crippen LogP contribution in [0.5, 0.6) is 5.75 Å². The summed E-state index contributed by atoms with van der Waals surface area (Å²) in [5, 5.41) is 4.04. The van der Waals surface area contributed by atoms with Crippen molar-refractivity contribution in [2.24, 2.45) is 0 Å². The molecule has 0 bridgehead atoms. The van der Waals surface area contributed by atoms with E-state index in [1.807, 2.05) is 0 Å². The monoisotopic (exact) mass is 515 g/mol. The van der Waals surface area contributed by atoms with Crippen molar-refractivity contribution in [1.29, 1.82) is 0 Å². The Morgan fingerprint density at radius 2 is 1.92 bits per heavy atom. The molecular weight excluding hydrogens is 491 g/mol.